The highest BCUT2D eigenvalue weighted by atomic mass is 16.6. The van der Waals surface area contributed by atoms with E-state index in [9.17, 15) is 14.9 Å². The van der Waals surface area contributed by atoms with Crippen LogP contribution in [0.4, 0.5) is 5.69 Å². The number of methoxy groups -OCH3 is 1. The number of likely N-dealkylation sites (tertiary alicyclic amines) is 1. The van der Waals surface area contributed by atoms with Gasteiger partial charge >= 0.3 is 0 Å². The smallest absolute Gasteiger partial charge is 0.286 e. The number of amides is 1. The SMILES string of the molecule is CCOc1cc([N+](=O)[O-])c(C(=O)NC[C@H](C)N2CCC[C@@H](C)C2)cc1OC. The Morgan fingerprint density at radius 3 is 2.78 bits per heavy atom. The van der Waals surface area contributed by atoms with Gasteiger partial charge in [0.1, 0.15) is 5.56 Å². The molecule has 0 spiro atoms. The van der Waals surface area contributed by atoms with Crippen molar-refractivity contribution in [1.82, 2.24) is 10.2 Å². The minimum Gasteiger partial charge on any atom is -0.493 e. The Bertz CT molecular complexity index is 680. The molecule has 27 heavy (non-hydrogen) atoms. The van der Waals surface area contributed by atoms with E-state index in [0.717, 1.165) is 19.5 Å². The van der Waals surface area contributed by atoms with Crippen molar-refractivity contribution in [2.45, 2.75) is 39.7 Å². The fourth-order valence-corrected chi connectivity index (χ4v) is 3.40. The van der Waals surface area contributed by atoms with Crippen molar-refractivity contribution in [3.63, 3.8) is 0 Å². The molecule has 1 aliphatic rings. The summed E-state index contributed by atoms with van der Waals surface area (Å²) in [5, 5.41) is 14.3. The third-order valence-corrected chi connectivity index (χ3v) is 4.89. The zero-order valence-corrected chi connectivity index (χ0v) is 16.5. The maximum Gasteiger partial charge on any atom is 0.286 e. The van der Waals surface area contributed by atoms with E-state index in [-0.39, 0.29) is 23.0 Å². The highest BCUT2D eigenvalue weighted by Crippen LogP contribution is 2.34. The summed E-state index contributed by atoms with van der Waals surface area (Å²) >= 11 is 0. The highest BCUT2D eigenvalue weighted by Gasteiger charge is 2.26. The average Bonchev–Trinajstić information content (AvgIpc) is 2.65. The van der Waals surface area contributed by atoms with Crippen LogP contribution in [0.2, 0.25) is 0 Å². The molecular formula is C19H29N3O5. The van der Waals surface area contributed by atoms with Crippen molar-refractivity contribution in [1.29, 1.82) is 0 Å². The summed E-state index contributed by atoms with van der Waals surface area (Å²) in [5.41, 5.74) is -0.324. The fraction of sp³-hybridized carbons (Fsp3) is 0.632. The second-order valence-corrected chi connectivity index (χ2v) is 7.01. The number of piperidine rings is 1. The summed E-state index contributed by atoms with van der Waals surface area (Å²) < 4.78 is 10.6. The van der Waals surface area contributed by atoms with Crippen molar-refractivity contribution < 1.29 is 19.2 Å². The number of nitrogens with zero attached hydrogens (tertiary/aromatic N) is 2. The van der Waals surface area contributed by atoms with Crippen molar-refractivity contribution in [3.8, 4) is 11.5 Å². The number of carbonyl (C=O) groups excluding carboxylic acids is 1. The number of hydrogen-bond acceptors (Lipinski definition) is 6. The van der Waals surface area contributed by atoms with Gasteiger partial charge in [-0.2, -0.15) is 0 Å². The Kier molecular flexibility index (Phi) is 7.41. The number of carbonyl (C=O) groups is 1. The lowest BCUT2D eigenvalue weighted by atomic mass is 9.99. The van der Waals surface area contributed by atoms with Gasteiger partial charge in [0.25, 0.3) is 11.6 Å². The fourth-order valence-electron chi connectivity index (χ4n) is 3.40. The van der Waals surface area contributed by atoms with E-state index >= 15 is 0 Å². The van der Waals surface area contributed by atoms with E-state index in [1.54, 1.807) is 6.92 Å². The van der Waals surface area contributed by atoms with E-state index in [4.69, 9.17) is 9.47 Å². The molecule has 1 aromatic carbocycles. The number of hydrogen-bond donors (Lipinski definition) is 1. The molecule has 8 heteroatoms. The molecule has 1 fully saturated rings. The van der Waals surface area contributed by atoms with Crippen LogP contribution in [0.15, 0.2) is 12.1 Å². The van der Waals surface area contributed by atoms with Gasteiger partial charge in [-0.15, -0.1) is 0 Å². The molecule has 0 bridgehead atoms. The van der Waals surface area contributed by atoms with Gasteiger partial charge in [-0.05, 0) is 39.2 Å². The quantitative estimate of drug-likeness (QED) is 0.551. The van der Waals surface area contributed by atoms with Crippen LogP contribution in [0.5, 0.6) is 11.5 Å². The second kappa shape index (κ2) is 9.55. The van der Waals surface area contributed by atoms with Crippen molar-refractivity contribution in [2.75, 3.05) is 33.4 Å². The maximum absolute atomic E-state index is 12.6. The van der Waals surface area contributed by atoms with Crippen LogP contribution in [-0.2, 0) is 0 Å². The number of rotatable bonds is 8. The normalized spacial score (nSPS) is 18.6. The highest BCUT2D eigenvalue weighted by molar-refractivity contribution is 5.99. The van der Waals surface area contributed by atoms with Crippen molar-refractivity contribution in [2.24, 2.45) is 5.92 Å². The molecule has 1 heterocycles. The molecule has 0 aliphatic carbocycles. The first-order chi connectivity index (χ1) is 12.9. The van der Waals surface area contributed by atoms with Gasteiger partial charge in [0.2, 0.25) is 0 Å². The van der Waals surface area contributed by atoms with Crippen LogP contribution < -0.4 is 14.8 Å². The van der Waals surface area contributed by atoms with Crippen LogP contribution in [0.1, 0.15) is 44.0 Å². The molecule has 1 amide bonds. The van der Waals surface area contributed by atoms with Crippen LogP contribution in [0.25, 0.3) is 0 Å². The van der Waals surface area contributed by atoms with E-state index in [1.807, 2.05) is 0 Å². The van der Waals surface area contributed by atoms with Gasteiger partial charge < -0.3 is 14.8 Å². The Labute approximate surface area is 160 Å². The first-order valence-electron chi connectivity index (χ1n) is 9.38. The second-order valence-electron chi connectivity index (χ2n) is 7.01. The number of nitro groups is 1. The van der Waals surface area contributed by atoms with E-state index in [1.165, 1.54) is 25.7 Å². The van der Waals surface area contributed by atoms with Gasteiger partial charge in [-0.25, -0.2) is 0 Å². The zero-order chi connectivity index (χ0) is 20.0. The molecule has 2 atom stereocenters. The molecule has 2 rings (SSSR count). The predicted molar refractivity (Wildman–Crippen MR) is 103 cm³/mol. The minimum absolute atomic E-state index is 0.0282. The molecule has 0 radical (unpaired) electrons. The number of nitrogens with one attached hydrogen (secondary N) is 1. The van der Waals surface area contributed by atoms with Gasteiger partial charge in [0, 0.05) is 25.2 Å². The minimum atomic E-state index is -0.577. The van der Waals surface area contributed by atoms with Crippen molar-refractivity contribution in [3.05, 3.63) is 27.8 Å². The molecule has 0 saturated carbocycles. The molecular weight excluding hydrogens is 350 g/mol. The average molecular weight is 379 g/mol. The molecule has 0 unspecified atom stereocenters. The van der Waals surface area contributed by atoms with Crippen LogP contribution in [0, 0.1) is 16.0 Å². The third-order valence-electron chi connectivity index (χ3n) is 4.89. The predicted octanol–water partition coefficient (Wildman–Crippen LogP) is 2.85. The molecule has 1 saturated heterocycles. The number of ether oxygens (including phenoxy) is 2. The molecule has 150 valence electrons. The van der Waals surface area contributed by atoms with Gasteiger partial charge in [-0.1, -0.05) is 6.92 Å². The lowest BCUT2D eigenvalue weighted by molar-refractivity contribution is -0.385. The topological polar surface area (TPSA) is 93.9 Å². The summed E-state index contributed by atoms with van der Waals surface area (Å²) in [4.78, 5) is 25.8. The zero-order valence-electron chi connectivity index (χ0n) is 16.5. The molecule has 8 nitrogen and oxygen atoms in total. The van der Waals surface area contributed by atoms with Gasteiger partial charge in [0.15, 0.2) is 11.5 Å². The standard InChI is InChI=1S/C19H29N3O5/c1-5-27-18-10-16(22(24)25)15(9-17(18)26-4)19(23)20-11-14(3)21-8-6-7-13(2)12-21/h9-10,13-14H,5-8,11-12H2,1-4H3,(H,20,23)/t13-,14+/m1/s1. The van der Waals surface area contributed by atoms with E-state index in [0.29, 0.717) is 24.8 Å². The number of benzene rings is 1. The van der Waals surface area contributed by atoms with E-state index in [2.05, 4.69) is 24.1 Å². The van der Waals surface area contributed by atoms with Crippen LogP contribution in [-0.4, -0.2) is 55.1 Å². The maximum atomic E-state index is 12.6. The van der Waals surface area contributed by atoms with Crippen LogP contribution in [0.3, 0.4) is 0 Å². The van der Waals surface area contributed by atoms with Crippen LogP contribution >= 0.6 is 0 Å². The molecule has 1 aromatic rings. The van der Waals surface area contributed by atoms with E-state index < -0.39 is 10.8 Å². The first kappa shape index (κ1) is 21.0. The Balaban J connectivity index is 2.13. The molecule has 1 aliphatic heterocycles. The summed E-state index contributed by atoms with van der Waals surface area (Å²) in [5.74, 6) is 0.706. The molecule has 0 aromatic heterocycles. The lowest BCUT2D eigenvalue weighted by Gasteiger charge is -2.35. The monoisotopic (exact) mass is 379 g/mol. The third kappa shape index (κ3) is 5.32. The Morgan fingerprint density at radius 1 is 1.44 bits per heavy atom. The lowest BCUT2D eigenvalue weighted by Crippen LogP contribution is -2.46. The van der Waals surface area contributed by atoms with Crippen molar-refractivity contribution >= 4 is 11.6 Å². The first-order valence-corrected chi connectivity index (χ1v) is 9.38. The Hall–Kier alpha value is -2.35. The summed E-state index contributed by atoms with van der Waals surface area (Å²) in [6.07, 6.45) is 2.38. The molecule has 1 N–H and O–H groups in total. The summed E-state index contributed by atoms with van der Waals surface area (Å²) in [6.45, 7) is 8.85. The Morgan fingerprint density at radius 2 is 2.19 bits per heavy atom. The number of nitro benzene ring substituents is 1. The van der Waals surface area contributed by atoms with Gasteiger partial charge in [0.05, 0.1) is 24.7 Å². The summed E-state index contributed by atoms with van der Waals surface area (Å²) in [7, 11) is 1.44. The summed E-state index contributed by atoms with van der Waals surface area (Å²) in [6, 6.07) is 2.78. The van der Waals surface area contributed by atoms with Gasteiger partial charge in [-0.3, -0.25) is 19.8 Å². The largest absolute Gasteiger partial charge is 0.493 e.